The van der Waals surface area contributed by atoms with Gasteiger partial charge in [-0.3, -0.25) is 0 Å². The van der Waals surface area contributed by atoms with Crippen LogP contribution >= 0.6 is 0 Å². The summed E-state index contributed by atoms with van der Waals surface area (Å²) in [5, 5.41) is 14.8. The molecule has 0 unspecified atom stereocenters. The summed E-state index contributed by atoms with van der Waals surface area (Å²) < 4.78 is 34.0. The first-order valence-electron chi connectivity index (χ1n) is 1.16. The van der Waals surface area contributed by atoms with Crippen LogP contribution in [0.1, 0.15) is 0 Å². The fourth-order valence-electron chi connectivity index (χ4n) is 0. The molecule has 0 aliphatic carbocycles. The molecule has 11 heavy (non-hydrogen) atoms. The van der Waals surface area contributed by atoms with Crippen molar-refractivity contribution in [2.45, 2.75) is 0 Å². The van der Waals surface area contributed by atoms with E-state index in [4.69, 9.17) is 34.0 Å². The van der Waals surface area contributed by atoms with E-state index in [1.54, 1.807) is 0 Å². The summed E-state index contributed by atoms with van der Waals surface area (Å²) >= 11 is 0. The van der Waals surface area contributed by atoms with Crippen molar-refractivity contribution in [2.24, 2.45) is 0 Å². The van der Waals surface area contributed by atoms with E-state index in [2.05, 4.69) is 0 Å². The van der Waals surface area contributed by atoms with Crippen molar-refractivity contribution in [3.8, 4) is 0 Å². The van der Waals surface area contributed by atoms with Gasteiger partial charge in [0.25, 0.3) is 0 Å². The van der Waals surface area contributed by atoms with Crippen molar-refractivity contribution >= 4 is 0 Å². The van der Waals surface area contributed by atoms with Gasteiger partial charge in [-0.15, -0.1) is 10.2 Å². The van der Waals surface area contributed by atoms with Crippen molar-refractivity contribution in [1.29, 1.82) is 0 Å². The van der Waals surface area contributed by atoms with E-state index in [-0.39, 0.29) is 80.9 Å². The third kappa shape index (κ3) is 307. The molecule has 8 nitrogen and oxygen atoms in total. The van der Waals surface area contributed by atoms with Gasteiger partial charge >= 0.3 is 80.9 Å². The Morgan fingerprint density at radius 1 is 1.00 bits per heavy atom. The molecule has 0 N–H and O–H groups in total. The Kier molecular flexibility index (Phi) is 25.1. The molecular weight excluding hydrogens is 224 g/mol. The van der Waals surface area contributed by atoms with Crippen molar-refractivity contribution in [3.05, 3.63) is 15.3 Å². The summed E-state index contributed by atoms with van der Waals surface area (Å²) in [7, 11) is -4.94. The zero-order valence-electron chi connectivity index (χ0n) is 5.68. The van der Waals surface area contributed by atoms with Crippen molar-refractivity contribution in [3.63, 3.8) is 0 Å². The summed E-state index contributed by atoms with van der Waals surface area (Å²) in [6, 6.07) is 0. The van der Waals surface area contributed by atoms with Crippen LogP contribution in [0.25, 0.3) is 0 Å². The second kappa shape index (κ2) is 12.0. The summed E-state index contributed by atoms with van der Waals surface area (Å²) in [5.74, 6) is 0. The van der Waals surface area contributed by atoms with Crippen LogP contribution in [0.15, 0.2) is 0 Å². The molecule has 0 aliphatic heterocycles. The maximum absolute atomic E-state index is 8.49. The molecule has 0 saturated heterocycles. The Morgan fingerprint density at radius 3 is 1.00 bits per heavy atom. The summed E-state index contributed by atoms with van der Waals surface area (Å²) in [5.41, 5.74) is 0. The predicted molar refractivity (Wildman–Crippen MR) is 10.4 cm³/mol. The largest absolute Gasteiger partial charge is 1.00 e. The third-order valence-electron chi connectivity index (χ3n) is 0. The molecule has 0 spiro atoms. The molecule has 0 amide bonds. The Labute approximate surface area is 128 Å². The predicted octanol–water partition coefficient (Wildman–Crippen LogP) is -11.0. The van der Waals surface area contributed by atoms with E-state index in [0.29, 0.717) is 0 Å². The van der Waals surface area contributed by atoms with E-state index in [1.165, 1.54) is 0 Å². The van der Waals surface area contributed by atoms with Gasteiger partial charge in [-0.2, -0.15) is 0 Å². The van der Waals surface area contributed by atoms with Gasteiger partial charge in [-0.05, 0) is 0 Å². The van der Waals surface area contributed by atoms with Crippen LogP contribution in [0, 0.1) is 25.6 Å². The van der Waals surface area contributed by atoms with Crippen LogP contribution in [0.5, 0.6) is 0 Å². The van der Waals surface area contributed by atoms with E-state index in [1.807, 2.05) is 0 Å². The molecule has 0 bridgehead atoms. The van der Waals surface area contributed by atoms with Gasteiger partial charge in [0.05, 0.1) is 5.09 Å². The number of hydrogen-bond acceptors (Lipinski definition) is 7. The van der Waals surface area contributed by atoms with Crippen molar-refractivity contribution in [1.82, 2.24) is 0 Å². The fourth-order valence-corrected chi connectivity index (χ4v) is 0. The molecule has 0 aromatic rings. The molecular formula is ClKNNaO7. The third-order valence-corrected chi connectivity index (χ3v) is 0. The van der Waals surface area contributed by atoms with Gasteiger partial charge in [-0.1, -0.05) is 0 Å². The van der Waals surface area contributed by atoms with Crippen LogP contribution in [-0.4, -0.2) is 5.09 Å². The van der Waals surface area contributed by atoms with Gasteiger partial charge in [0.1, 0.15) is 0 Å². The van der Waals surface area contributed by atoms with Gasteiger partial charge in [0, 0.05) is 0 Å². The molecule has 0 saturated carbocycles. The van der Waals surface area contributed by atoms with Crippen molar-refractivity contribution in [2.75, 3.05) is 0 Å². The molecule has 0 atom stereocenters. The number of nitrogens with zero attached hydrogens (tertiary/aromatic N) is 1. The normalized spacial score (nSPS) is 7.64. The van der Waals surface area contributed by atoms with Gasteiger partial charge in [0.15, 0.2) is 0 Å². The average Bonchev–Trinajstić information content (AvgIpc) is 1.19. The van der Waals surface area contributed by atoms with E-state index in [0.717, 1.165) is 0 Å². The first kappa shape index (κ1) is 23.1. The van der Waals surface area contributed by atoms with Crippen LogP contribution in [-0.2, 0) is 0 Å². The molecule has 0 aliphatic rings. The molecule has 56 valence electrons. The Hall–Kier alpha value is 1.97. The molecule has 0 aromatic heterocycles. The first-order chi connectivity index (χ1) is 3.73. The smallest absolute Gasteiger partial charge is 0.356 e. The number of hydrogen-bond donors (Lipinski definition) is 0. The van der Waals surface area contributed by atoms with E-state index < -0.39 is 15.3 Å². The standard InChI is InChI=1S/ClHO4.K.NO3.Na/c2-1(3,4)5;;2-1(3)4;/h(H,2,3,4,5);;;/q;+1;-1;+1/p-1. The van der Waals surface area contributed by atoms with E-state index in [9.17, 15) is 0 Å². The molecule has 0 fully saturated rings. The number of rotatable bonds is 0. The molecule has 0 radical (unpaired) electrons. The second-order valence-corrected chi connectivity index (χ2v) is 1.36. The van der Waals surface area contributed by atoms with Gasteiger partial charge in [-0.25, -0.2) is 18.6 Å². The van der Waals surface area contributed by atoms with Crippen molar-refractivity contribution < 1.29 is 115 Å². The van der Waals surface area contributed by atoms with Crippen LogP contribution in [0.2, 0.25) is 0 Å². The number of halogens is 1. The summed E-state index contributed by atoms with van der Waals surface area (Å²) in [4.78, 5) is 8.25. The minimum atomic E-state index is -4.94. The SMILES string of the molecule is O=[N+]([O-])[O-].[K+].[Na+].[O-][Cl+3]([O-])([O-])[O-]. The van der Waals surface area contributed by atoms with Crippen LogP contribution in [0.4, 0.5) is 0 Å². The maximum Gasteiger partial charge on any atom is 1.00 e. The Balaban J connectivity index is -0.0000000383. The Morgan fingerprint density at radius 2 is 1.00 bits per heavy atom. The molecule has 11 heteroatoms. The minimum Gasteiger partial charge on any atom is -0.356 e. The van der Waals surface area contributed by atoms with Gasteiger partial charge in [0.2, 0.25) is 0 Å². The second-order valence-electron chi connectivity index (χ2n) is 0.602. The molecule has 0 heterocycles. The summed E-state index contributed by atoms with van der Waals surface area (Å²) in [6.45, 7) is 0. The summed E-state index contributed by atoms with van der Waals surface area (Å²) in [6.07, 6.45) is 0. The topological polar surface area (TPSA) is 158 Å². The maximum atomic E-state index is 8.49. The fraction of sp³-hybridized carbons (Fsp3) is 0. The minimum absolute atomic E-state index is 0. The zero-order chi connectivity index (χ0) is 8.08. The monoisotopic (exact) mass is 223 g/mol. The van der Waals surface area contributed by atoms with Crippen LogP contribution < -0.4 is 99.6 Å². The Bertz CT molecular complexity index is 80.9. The first-order valence-corrected chi connectivity index (χ1v) is 2.40. The van der Waals surface area contributed by atoms with Gasteiger partial charge < -0.3 is 15.3 Å². The molecule has 0 rings (SSSR count). The van der Waals surface area contributed by atoms with Crippen LogP contribution in [0.3, 0.4) is 0 Å². The van der Waals surface area contributed by atoms with E-state index >= 15 is 0 Å². The zero-order valence-corrected chi connectivity index (χ0v) is 11.6. The average molecular weight is 224 g/mol. The quantitative estimate of drug-likeness (QED) is 0.224. The molecule has 0 aromatic carbocycles.